The Morgan fingerprint density at radius 1 is 1.16 bits per heavy atom. The zero-order chi connectivity index (χ0) is 23.0. The molecule has 0 bridgehead atoms. The van der Waals surface area contributed by atoms with Crippen molar-refractivity contribution in [1.82, 2.24) is 9.80 Å². The van der Waals surface area contributed by atoms with Crippen molar-refractivity contribution >= 4 is 23.9 Å². The van der Waals surface area contributed by atoms with Crippen molar-refractivity contribution in [2.45, 2.75) is 44.8 Å². The average Bonchev–Trinajstić information content (AvgIpc) is 2.74. The van der Waals surface area contributed by atoms with Gasteiger partial charge in [-0.3, -0.25) is 9.69 Å². The summed E-state index contributed by atoms with van der Waals surface area (Å²) < 4.78 is 42.4. The molecule has 0 aliphatic carbocycles. The van der Waals surface area contributed by atoms with Crippen LogP contribution in [-0.4, -0.2) is 76.8 Å². The number of likely N-dealkylation sites (tertiary alicyclic amines) is 1. The zero-order valence-corrected chi connectivity index (χ0v) is 17.8. The lowest BCUT2D eigenvalue weighted by Crippen LogP contribution is -2.60. The van der Waals surface area contributed by atoms with E-state index in [1.807, 2.05) is 13.0 Å². The second-order valence-corrected chi connectivity index (χ2v) is 8.24. The number of benzene rings is 1. The van der Waals surface area contributed by atoms with E-state index in [-0.39, 0.29) is 17.8 Å². The zero-order valence-electron chi connectivity index (χ0n) is 17.8. The Morgan fingerprint density at radius 2 is 1.81 bits per heavy atom. The monoisotopic (exact) mass is 449 g/mol. The SMILES string of the molecule is CC1=CC=NC2=[N+](C3CCN(Cc4ccc(OC(F)(F)F)cc4)CC3)C(=O)C(=O)N(C)C12. The molecule has 1 atom stereocenters. The lowest BCUT2D eigenvalue weighted by Gasteiger charge is -2.36. The highest BCUT2D eigenvalue weighted by Crippen LogP contribution is 2.26. The van der Waals surface area contributed by atoms with Gasteiger partial charge in [0.05, 0.1) is 0 Å². The fraction of sp³-hybridized carbons (Fsp3) is 0.455. The van der Waals surface area contributed by atoms with Gasteiger partial charge in [0.15, 0.2) is 6.04 Å². The molecule has 0 N–H and O–H groups in total. The molecule has 0 radical (unpaired) electrons. The summed E-state index contributed by atoms with van der Waals surface area (Å²) >= 11 is 0. The second-order valence-electron chi connectivity index (χ2n) is 8.24. The van der Waals surface area contributed by atoms with Gasteiger partial charge in [0, 0.05) is 39.5 Å². The van der Waals surface area contributed by atoms with E-state index in [2.05, 4.69) is 14.6 Å². The van der Waals surface area contributed by atoms with Crippen LogP contribution in [0.15, 0.2) is 40.9 Å². The van der Waals surface area contributed by atoms with Crippen LogP contribution < -0.4 is 4.74 Å². The van der Waals surface area contributed by atoms with Crippen LogP contribution in [0.1, 0.15) is 25.3 Å². The number of halogens is 3. The van der Waals surface area contributed by atoms with Gasteiger partial charge in [-0.15, -0.1) is 13.2 Å². The number of amidine groups is 1. The topological polar surface area (TPSA) is 65.2 Å². The molecule has 0 saturated carbocycles. The Labute approximate surface area is 183 Å². The van der Waals surface area contributed by atoms with Crippen LogP contribution in [0.3, 0.4) is 0 Å². The van der Waals surface area contributed by atoms with Gasteiger partial charge in [-0.25, -0.2) is 4.79 Å². The minimum absolute atomic E-state index is 0.125. The van der Waals surface area contributed by atoms with Gasteiger partial charge in [0.25, 0.3) is 0 Å². The van der Waals surface area contributed by atoms with Crippen molar-refractivity contribution in [2.24, 2.45) is 4.99 Å². The van der Waals surface area contributed by atoms with Crippen LogP contribution in [0, 0.1) is 0 Å². The normalized spacial score (nSPS) is 22.8. The summed E-state index contributed by atoms with van der Waals surface area (Å²) in [7, 11) is 1.62. The lowest BCUT2D eigenvalue weighted by molar-refractivity contribution is -0.494. The van der Waals surface area contributed by atoms with Gasteiger partial charge in [-0.2, -0.15) is 4.58 Å². The number of rotatable bonds is 4. The summed E-state index contributed by atoms with van der Waals surface area (Å²) in [4.78, 5) is 33.4. The Morgan fingerprint density at radius 3 is 2.44 bits per heavy atom. The number of amides is 2. The largest absolute Gasteiger partial charge is 0.573 e. The van der Waals surface area contributed by atoms with E-state index < -0.39 is 18.2 Å². The number of carbonyl (C=O) groups is 2. The number of carbonyl (C=O) groups excluding carboxylic acids is 2. The molecule has 7 nitrogen and oxygen atoms in total. The maximum Gasteiger partial charge on any atom is 0.573 e. The maximum atomic E-state index is 12.8. The molecule has 1 unspecified atom stereocenters. The van der Waals surface area contributed by atoms with Crippen LogP contribution in [0.2, 0.25) is 0 Å². The predicted molar refractivity (Wildman–Crippen MR) is 111 cm³/mol. The number of fused-ring (bicyclic) bond motifs is 1. The number of likely N-dealkylation sites (N-methyl/N-ethyl adjacent to an activating group) is 1. The minimum atomic E-state index is -4.71. The number of alkyl halides is 3. The molecule has 4 rings (SSSR count). The number of hydrogen-bond acceptors (Lipinski definition) is 5. The molecular weight excluding hydrogens is 425 g/mol. The van der Waals surface area contributed by atoms with Crippen molar-refractivity contribution in [3.8, 4) is 5.75 Å². The number of ether oxygens (including phenoxy) is 1. The maximum absolute atomic E-state index is 12.8. The molecule has 1 saturated heterocycles. The van der Waals surface area contributed by atoms with Gasteiger partial charge in [0.1, 0.15) is 18.0 Å². The number of piperidine rings is 1. The number of aliphatic imine (C=N–C) groups is 1. The highest BCUT2D eigenvalue weighted by atomic mass is 19.4. The average molecular weight is 449 g/mol. The molecule has 10 heteroatoms. The Balaban J connectivity index is 1.43. The van der Waals surface area contributed by atoms with Gasteiger partial charge in [-0.1, -0.05) is 17.1 Å². The predicted octanol–water partition coefficient (Wildman–Crippen LogP) is 2.36. The first-order valence-corrected chi connectivity index (χ1v) is 10.4. The molecule has 32 heavy (non-hydrogen) atoms. The number of hydrogen-bond donors (Lipinski definition) is 0. The van der Waals surface area contributed by atoms with Gasteiger partial charge in [-0.05, 0) is 36.3 Å². The Bertz CT molecular complexity index is 1010. The summed E-state index contributed by atoms with van der Waals surface area (Å²) in [6.45, 7) is 3.88. The number of allylic oxidation sites excluding steroid dienone is 1. The van der Waals surface area contributed by atoms with E-state index in [1.54, 1.807) is 30.0 Å². The van der Waals surface area contributed by atoms with Crippen molar-refractivity contribution in [1.29, 1.82) is 0 Å². The molecule has 1 fully saturated rings. The fourth-order valence-electron chi connectivity index (χ4n) is 4.49. The molecule has 3 heterocycles. The van der Waals surface area contributed by atoms with Crippen LogP contribution in [0.5, 0.6) is 5.75 Å². The van der Waals surface area contributed by atoms with Crippen LogP contribution in [0.25, 0.3) is 0 Å². The first-order valence-electron chi connectivity index (χ1n) is 10.4. The lowest BCUT2D eigenvalue weighted by atomic mass is 9.98. The van der Waals surface area contributed by atoms with E-state index >= 15 is 0 Å². The van der Waals surface area contributed by atoms with Crippen molar-refractivity contribution < 1.29 is 32.1 Å². The molecule has 3 aliphatic heterocycles. The van der Waals surface area contributed by atoms with Crippen molar-refractivity contribution in [3.05, 3.63) is 41.5 Å². The molecule has 0 spiro atoms. The van der Waals surface area contributed by atoms with E-state index in [0.29, 0.717) is 38.3 Å². The van der Waals surface area contributed by atoms with Gasteiger partial charge < -0.3 is 9.64 Å². The number of dihydropyridines is 1. The summed E-state index contributed by atoms with van der Waals surface area (Å²) in [6, 6.07) is 5.38. The molecular formula is C22H24F3N4O3+. The van der Waals surface area contributed by atoms with Crippen molar-refractivity contribution in [2.75, 3.05) is 20.1 Å². The quantitative estimate of drug-likeness (QED) is 0.523. The summed E-state index contributed by atoms with van der Waals surface area (Å²) in [5, 5.41) is 0. The van der Waals surface area contributed by atoms with Crippen LogP contribution in [-0.2, 0) is 16.1 Å². The minimum Gasteiger partial charge on any atom is -0.406 e. The molecule has 2 amide bonds. The first kappa shape index (κ1) is 22.2. The molecule has 1 aromatic rings. The summed E-state index contributed by atoms with van der Waals surface area (Å²) in [5.74, 6) is -0.741. The fourth-order valence-corrected chi connectivity index (χ4v) is 4.49. The van der Waals surface area contributed by atoms with E-state index in [4.69, 9.17) is 0 Å². The Kier molecular flexibility index (Phi) is 5.89. The second kappa shape index (κ2) is 8.50. The Hall–Kier alpha value is -3.01. The first-order chi connectivity index (χ1) is 15.1. The number of nitrogens with zero attached hydrogens (tertiary/aromatic N) is 4. The molecule has 1 aromatic carbocycles. The third-order valence-corrected chi connectivity index (χ3v) is 6.06. The highest BCUT2D eigenvalue weighted by molar-refractivity contribution is 6.34. The summed E-state index contributed by atoms with van der Waals surface area (Å²) in [5.41, 5.74) is 1.83. The van der Waals surface area contributed by atoms with Crippen LogP contribution >= 0.6 is 0 Å². The van der Waals surface area contributed by atoms with E-state index in [9.17, 15) is 22.8 Å². The third kappa shape index (κ3) is 4.45. The molecule has 170 valence electrons. The van der Waals surface area contributed by atoms with Gasteiger partial charge in [0.2, 0.25) is 0 Å². The standard InChI is InChI=1S/C22H24F3N4O3/c1-14-7-10-26-19-18(14)27(2)20(30)21(31)29(19)16-8-11-28(12-9-16)13-15-3-5-17(6-4-15)32-22(23,24)25/h3-7,10,16,18H,8-9,11-13H2,1-2H3/q+1. The van der Waals surface area contributed by atoms with Crippen LogP contribution in [0.4, 0.5) is 13.2 Å². The highest BCUT2D eigenvalue weighted by Gasteiger charge is 2.48. The summed E-state index contributed by atoms with van der Waals surface area (Å²) in [6.07, 6.45) is 0.143. The molecule has 0 aromatic heterocycles. The van der Waals surface area contributed by atoms with E-state index in [0.717, 1.165) is 11.1 Å². The third-order valence-electron chi connectivity index (χ3n) is 6.06. The molecule has 3 aliphatic rings. The van der Waals surface area contributed by atoms with Crippen molar-refractivity contribution in [3.63, 3.8) is 0 Å². The van der Waals surface area contributed by atoms with E-state index in [1.165, 1.54) is 17.0 Å². The van der Waals surface area contributed by atoms with Gasteiger partial charge >= 0.3 is 24.0 Å². The smallest absolute Gasteiger partial charge is 0.406 e.